The van der Waals surface area contributed by atoms with Crippen molar-refractivity contribution in [3.05, 3.63) is 12.2 Å². The summed E-state index contributed by atoms with van der Waals surface area (Å²) in [5, 5.41) is 11.3. The number of fused-ring (bicyclic) bond motifs is 1. The van der Waals surface area contributed by atoms with E-state index < -0.39 is 29.5 Å². The number of carboxylic acids is 1. The Hall–Kier alpha value is -1.40. The molecule has 2 fully saturated rings. The number of rotatable bonds is 6. The first-order chi connectivity index (χ1) is 10.0. The van der Waals surface area contributed by atoms with Crippen molar-refractivity contribution in [2.75, 3.05) is 32.7 Å². The normalized spacial score (nSPS) is 36.8. The summed E-state index contributed by atoms with van der Waals surface area (Å²) in [6.45, 7) is 8.28. The van der Waals surface area contributed by atoms with Crippen LogP contribution in [0.1, 0.15) is 13.8 Å². The zero-order chi connectivity index (χ0) is 15.2. The lowest BCUT2D eigenvalue weighted by Crippen LogP contribution is -3.12. The fraction of sp³-hybridized carbons (Fsp3) is 0.733. The molecule has 0 saturated carbocycles. The predicted octanol–water partition coefficient (Wildman–Crippen LogP) is -2.56. The third kappa shape index (κ3) is 2.08. The number of nitrogens with zero attached hydrogens (tertiary/aromatic N) is 1. The largest absolute Gasteiger partial charge is 0.550 e. The van der Waals surface area contributed by atoms with Gasteiger partial charge in [0.25, 0.3) is 0 Å². The fourth-order valence-electron chi connectivity index (χ4n) is 3.93. The Bertz CT molecular complexity index is 488. The maximum Gasteiger partial charge on any atom is 0.230 e. The zero-order valence-electron chi connectivity index (χ0n) is 12.5. The van der Waals surface area contributed by atoms with E-state index >= 15 is 0 Å². The highest BCUT2D eigenvalue weighted by Gasteiger charge is 2.65. The SMILES string of the molecule is CC[NH+](CC)CCN1C[C@]23C=C[C@H](O2)[C@H](C(=O)[O-])[C@@H]3C1=O. The fourth-order valence-corrected chi connectivity index (χ4v) is 3.93. The van der Waals surface area contributed by atoms with E-state index in [1.807, 2.05) is 6.08 Å². The zero-order valence-corrected chi connectivity index (χ0v) is 12.5. The number of carbonyl (C=O) groups excluding carboxylic acids is 2. The molecule has 0 unspecified atom stereocenters. The van der Waals surface area contributed by atoms with E-state index in [4.69, 9.17) is 4.74 Å². The first-order valence-corrected chi connectivity index (χ1v) is 7.72. The van der Waals surface area contributed by atoms with Gasteiger partial charge in [-0.3, -0.25) is 4.79 Å². The summed E-state index contributed by atoms with van der Waals surface area (Å²) in [7, 11) is 0. The van der Waals surface area contributed by atoms with Crippen molar-refractivity contribution in [2.45, 2.75) is 25.6 Å². The molecule has 2 saturated heterocycles. The minimum absolute atomic E-state index is 0.0948. The molecule has 3 heterocycles. The number of likely N-dealkylation sites (N-methyl/N-ethyl adjacent to an activating group) is 1. The van der Waals surface area contributed by atoms with Gasteiger partial charge in [-0.25, -0.2) is 0 Å². The number of likely N-dealkylation sites (tertiary alicyclic amines) is 1. The highest BCUT2D eigenvalue weighted by atomic mass is 16.5. The minimum atomic E-state index is -1.18. The summed E-state index contributed by atoms with van der Waals surface area (Å²) >= 11 is 0. The molecule has 1 spiro atoms. The van der Waals surface area contributed by atoms with Crippen molar-refractivity contribution in [2.24, 2.45) is 11.8 Å². The maximum absolute atomic E-state index is 12.6. The van der Waals surface area contributed by atoms with Gasteiger partial charge >= 0.3 is 0 Å². The van der Waals surface area contributed by atoms with Crippen LogP contribution in [-0.4, -0.2) is 61.2 Å². The lowest BCUT2D eigenvalue weighted by molar-refractivity contribution is -0.895. The quantitative estimate of drug-likeness (QED) is 0.547. The molecule has 3 aliphatic heterocycles. The molecule has 4 atom stereocenters. The predicted molar refractivity (Wildman–Crippen MR) is 72.2 cm³/mol. The molecule has 0 aromatic carbocycles. The van der Waals surface area contributed by atoms with Crippen LogP contribution in [0.25, 0.3) is 0 Å². The Morgan fingerprint density at radius 3 is 2.86 bits per heavy atom. The summed E-state index contributed by atoms with van der Waals surface area (Å²) in [6, 6.07) is 0. The van der Waals surface area contributed by atoms with E-state index in [0.717, 1.165) is 19.6 Å². The molecule has 0 aliphatic carbocycles. The highest BCUT2D eigenvalue weighted by Crippen LogP contribution is 2.51. The summed E-state index contributed by atoms with van der Waals surface area (Å²) in [5.41, 5.74) is -0.731. The number of nitrogens with one attached hydrogen (secondary N) is 1. The van der Waals surface area contributed by atoms with Gasteiger partial charge < -0.3 is 24.4 Å². The van der Waals surface area contributed by atoms with Crippen LogP contribution in [0.2, 0.25) is 0 Å². The lowest BCUT2D eigenvalue weighted by atomic mass is 9.77. The van der Waals surface area contributed by atoms with Gasteiger partial charge in [0.1, 0.15) is 5.60 Å². The molecule has 21 heavy (non-hydrogen) atoms. The first-order valence-electron chi connectivity index (χ1n) is 7.72. The smallest absolute Gasteiger partial charge is 0.230 e. The van der Waals surface area contributed by atoms with Gasteiger partial charge in [0.05, 0.1) is 44.7 Å². The molecule has 0 aromatic rings. The van der Waals surface area contributed by atoms with Crippen molar-refractivity contribution in [1.29, 1.82) is 0 Å². The highest BCUT2D eigenvalue weighted by molar-refractivity contribution is 5.90. The van der Waals surface area contributed by atoms with Gasteiger partial charge in [-0.05, 0) is 13.8 Å². The molecule has 3 rings (SSSR count). The first kappa shape index (κ1) is 14.5. The Morgan fingerprint density at radius 2 is 2.24 bits per heavy atom. The van der Waals surface area contributed by atoms with Crippen LogP contribution in [0.4, 0.5) is 0 Å². The molecule has 6 nitrogen and oxygen atoms in total. The number of ether oxygens (including phenoxy) is 1. The molecule has 1 amide bonds. The lowest BCUT2D eigenvalue weighted by Gasteiger charge is -2.24. The van der Waals surface area contributed by atoms with E-state index in [0.29, 0.717) is 13.1 Å². The second-order valence-corrected chi connectivity index (χ2v) is 6.19. The van der Waals surface area contributed by atoms with Gasteiger partial charge in [0.2, 0.25) is 5.91 Å². The number of carboxylic acid groups (broad SMARTS) is 1. The van der Waals surface area contributed by atoms with Crippen molar-refractivity contribution in [3.8, 4) is 0 Å². The number of hydrogen-bond acceptors (Lipinski definition) is 4. The molecule has 116 valence electrons. The van der Waals surface area contributed by atoms with Gasteiger partial charge in [-0.1, -0.05) is 12.2 Å². The Balaban J connectivity index is 1.74. The van der Waals surface area contributed by atoms with E-state index in [2.05, 4.69) is 13.8 Å². The summed E-state index contributed by atoms with van der Waals surface area (Å²) in [5.74, 6) is -2.72. The standard InChI is InChI=1S/C15H22N2O4/c1-3-16(4-2)7-8-17-9-15-6-5-10(21-15)11(14(19)20)12(15)13(17)18/h5-6,10-12H,3-4,7-9H2,1-2H3,(H,19,20)/t10-,11-,12+,15-/m0/s1. The minimum Gasteiger partial charge on any atom is -0.550 e. The number of amides is 1. The number of aliphatic carboxylic acids is 1. The molecule has 2 bridgehead atoms. The number of carbonyl (C=O) groups is 2. The van der Waals surface area contributed by atoms with E-state index in [1.165, 1.54) is 4.90 Å². The van der Waals surface area contributed by atoms with Crippen LogP contribution in [0, 0.1) is 11.8 Å². The molecule has 1 N–H and O–H groups in total. The average Bonchev–Trinajstić information content (AvgIpc) is 3.08. The van der Waals surface area contributed by atoms with E-state index in [1.54, 1.807) is 11.0 Å². The van der Waals surface area contributed by atoms with Crippen LogP contribution < -0.4 is 10.0 Å². The Morgan fingerprint density at radius 1 is 1.52 bits per heavy atom. The summed E-state index contributed by atoms with van der Waals surface area (Å²) < 4.78 is 5.82. The molecule has 0 radical (unpaired) electrons. The second kappa shape index (κ2) is 5.10. The van der Waals surface area contributed by atoms with Crippen molar-refractivity contribution in [1.82, 2.24) is 4.90 Å². The van der Waals surface area contributed by atoms with Crippen molar-refractivity contribution < 1.29 is 24.3 Å². The molecule has 6 heteroatoms. The summed E-state index contributed by atoms with van der Waals surface area (Å²) in [4.78, 5) is 27.1. The molecule has 0 aromatic heterocycles. The third-order valence-corrected chi connectivity index (χ3v) is 5.19. The van der Waals surface area contributed by atoms with E-state index in [-0.39, 0.29) is 5.91 Å². The monoisotopic (exact) mass is 294 g/mol. The Labute approximate surface area is 124 Å². The van der Waals surface area contributed by atoms with Crippen LogP contribution in [0.15, 0.2) is 12.2 Å². The van der Waals surface area contributed by atoms with Crippen LogP contribution in [0.3, 0.4) is 0 Å². The molecular formula is C15H22N2O4. The average molecular weight is 294 g/mol. The number of quaternary nitrogens is 1. The summed E-state index contributed by atoms with van der Waals surface area (Å²) in [6.07, 6.45) is 3.15. The van der Waals surface area contributed by atoms with Gasteiger partial charge in [-0.2, -0.15) is 0 Å². The third-order valence-electron chi connectivity index (χ3n) is 5.19. The van der Waals surface area contributed by atoms with Crippen LogP contribution in [0.5, 0.6) is 0 Å². The Kier molecular flexibility index (Phi) is 3.53. The molecule has 3 aliphatic rings. The van der Waals surface area contributed by atoms with Gasteiger partial charge in [-0.15, -0.1) is 0 Å². The van der Waals surface area contributed by atoms with Crippen molar-refractivity contribution >= 4 is 11.9 Å². The second-order valence-electron chi connectivity index (χ2n) is 6.19. The van der Waals surface area contributed by atoms with Crippen LogP contribution in [-0.2, 0) is 14.3 Å². The van der Waals surface area contributed by atoms with Crippen LogP contribution >= 0.6 is 0 Å². The van der Waals surface area contributed by atoms with Crippen molar-refractivity contribution in [3.63, 3.8) is 0 Å². The van der Waals surface area contributed by atoms with Gasteiger partial charge in [0, 0.05) is 11.9 Å². The molecular weight excluding hydrogens is 272 g/mol. The number of hydrogen-bond donors (Lipinski definition) is 1. The van der Waals surface area contributed by atoms with E-state index in [9.17, 15) is 14.7 Å². The van der Waals surface area contributed by atoms with Gasteiger partial charge in [0.15, 0.2) is 0 Å². The topological polar surface area (TPSA) is 74.1 Å². The maximum atomic E-state index is 12.6.